The highest BCUT2D eigenvalue weighted by Gasteiger charge is 2.20. The predicted octanol–water partition coefficient (Wildman–Crippen LogP) is 2.04. The van der Waals surface area contributed by atoms with Gasteiger partial charge in [0.05, 0.1) is 7.11 Å². The fourth-order valence-corrected chi connectivity index (χ4v) is 2.28. The molecule has 1 saturated heterocycles. The Morgan fingerprint density at radius 2 is 2.00 bits per heavy atom. The van der Waals surface area contributed by atoms with E-state index in [1.54, 1.807) is 7.11 Å². The molecule has 2 aromatic rings. The van der Waals surface area contributed by atoms with Crippen molar-refractivity contribution in [1.82, 2.24) is 5.32 Å². The molecule has 98 valence electrons. The standard InChI is InChI=1S/C15H15NO3/c1-18-13-5-4-10-6-12(3-2-11(10)7-13)14-8-16-15(17)9-19-14/h2-7,14H,8-9H2,1H3,(H,16,17)/t14-/m0/s1. The minimum Gasteiger partial charge on any atom is -0.497 e. The molecule has 1 aliphatic heterocycles. The zero-order chi connectivity index (χ0) is 13.2. The summed E-state index contributed by atoms with van der Waals surface area (Å²) in [6.45, 7) is 0.659. The molecular weight excluding hydrogens is 242 g/mol. The minimum absolute atomic E-state index is 0.0539. The first kappa shape index (κ1) is 12.0. The van der Waals surface area contributed by atoms with Gasteiger partial charge in [0.1, 0.15) is 18.5 Å². The van der Waals surface area contributed by atoms with E-state index in [9.17, 15) is 4.79 Å². The number of carbonyl (C=O) groups excluding carboxylic acids is 1. The molecule has 4 heteroatoms. The molecule has 1 heterocycles. The smallest absolute Gasteiger partial charge is 0.246 e. The quantitative estimate of drug-likeness (QED) is 0.895. The highest BCUT2D eigenvalue weighted by atomic mass is 16.5. The van der Waals surface area contributed by atoms with Gasteiger partial charge in [-0.2, -0.15) is 0 Å². The van der Waals surface area contributed by atoms with Crippen molar-refractivity contribution >= 4 is 16.7 Å². The molecule has 0 bridgehead atoms. The maximum atomic E-state index is 11.1. The second kappa shape index (κ2) is 4.90. The second-order valence-electron chi connectivity index (χ2n) is 4.58. The monoisotopic (exact) mass is 257 g/mol. The van der Waals surface area contributed by atoms with Crippen molar-refractivity contribution in [3.63, 3.8) is 0 Å². The normalized spacial score (nSPS) is 19.2. The molecule has 1 amide bonds. The molecule has 1 atom stereocenters. The lowest BCUT2D eigenvalue weighted by molar-refractivity contribution is -0.133. The molecule has 19 heavy (non-hydrogen) atoms. The number of hydrogen-bond acceptors (Lipinski definition) is 3. The number of benzene rings is 2. The van der Waals surface area contributed by atoms with Gasteiger partial charge in [0, 0.05) is 6.54 Å². The van der Waals surface area contributed by atoms with Crippen molar-refractivity contribution in [2.24, 2.45) is 0 Å². The summed E-state index contributed by atoms with van der Waals surface area (Å²) >= 11 is 0. The summed E-state index contributed by atoms with van der Waals surface area (Å²) in [7, 11) is 1.66. The van der Waals surface area contributed by atoms with Crippen molar-refractivity contribution in [2.45, 2.75) is 6.10 Å². The van der Waals surface area contributed by atoms with E-state index in [-0.39, 0.29) is 18.6 Å². The maximum Gasteiger partial charge on any atom is 0.246 e. The lowest BCUT2D eigenvalue weighted by Gasteiger charge is -2.23. The molecule has 4 nitrogen and oxygen atoms in total. The van der Waals surface area contributed by atoms with Crippen LogP contribution in [0.15, 0.2) is 36.4 Å². The van der Waals surface area contributed by atoms with Crippen LogP contribution in [-0.2, 0) is 9.53 Å². The summed E-state index contributed by atoms with van der Waals surface area (Å²) in [5, 5.41) is 5.08. The fourth-order valence-electron chi connectivity index (χ4n) is 2.28. The zero-order valence-electron chi connectivity index (χ0n) is 10.7. The van der Waals surface area contributed by atoms with Gasteiger partial charge in [0.25, 0.3) is 0 Å². The van der Waals surface area contributed by atoms with Crippen molar-refractivity contribution in [1.29, 1.82) is 0 Å². The Bertz CT molecular complexity index is 614. The van der Waals surface area contributed by atoms with Crippen LogP contribution in [0.3, 0.4) is 0 Å². The Morgan fingerprint density at radius 3 is 2.74 bits per heavy atom. The number of rotatable bonds is 2. The van der Waals surface area contributed by atoms with Gasteiger partial charge in [-0.05, 0) is 34.5 Å². The first-order chi connectivity index (χ1) is 9.26. The fraction of sp³-hybridized carbons (Fsp3) is 0.267. The lowest BCUT2D eigenvalue weighted by Crippen LogP contribution is -2.38. The molecule has 0 spiro atoms. The van der Waals surface area contributed by atoms with E-state index in [1.165, 1.54) is 0 Å². The van der Waals surface area contributed by atoms with Gasteiger partial charge in [-0.15, -0.1) is 0 Å². The van der Waals surface area contributed by atoms with Crippen LogP contribution in [0.2, 0.25) is 0 Å². The molecule has 1 fully saturated rings. The van der Waals surface area contributed by atoms with E-state index in [1.807, 2.05) is 30.3 Å². The van der Waals surface area contributed by atoms with Gasteiger partial charge >= 0.3 is 0 Å². The van der Waals surface area contributed by atoms with Gasteiger partial charge < -0.3 is 14.8 Å². The first-order valence-electron chi connectivity index (χ1n) is 6.22. The minimum atomic E-state index is -0.0656. The third-order valence-electron chi connectivity index (χ3n) is 3.34. The van der Waals surface area contributed by atoms with Crippen LogP contribution >= 0.6 is 0 Å². The number of ether oxygens (including phenoxy) is 2. The van der Waals surface area contributed by atoms with E-state index in [0.717, 1.165) is 22.1 Å². The van der Waals surface area contributed by atoms with Gasteiger partial charge in [-0.3, -0.25) is 4.79 Å². The third-order valence-corrected chi connectivity index (χ3v) is 3.34. The Hall–Kier alpha value is -2.07. The average Bonchev–Trinajstić information content (AvgIpc) is 2.47. The predicted molar refractivity (Wildman–Crippen MR) is 72.2 cm³/mol. The highest BCUT2D eigenvalue weighted by Crippen LogP contribution is 2.26. The van der Waals surface area contributed by atoms with E-state index < -0.39 is 0 Å². The Morgan fingerprint density at radius 1 is 1.21 bits per heavy atom. The van der Waals surface area contributed by atoms with E-state index >= 15 is 0 Å². The second-order valence-corrected chi connectivity index (χ2v) is 4.58. The Labute approximate surface area is 111 Å². The number of morpholine rings is 1. The number of methoxy groups -OCH3 is 1. The van der Waals surface area contributed by atoms with Crippen LogP contribution in [0.1, 0.15) is 11.7 Å². The number of hydrogen-bond donors (Lipinski definition) is 1. The topological polar surface area (TPSA) is 47.6 Å². The third kappa shape index (κ3) is 2.39. The van der Waals surface area contributed by atoms with Crippen LogP contribution < -0.4 is 10.1 Å². The van der Waals surface area contributed by atoms with Crippen molar-refractivity contribution in [3.05, 3.63) is 42.0 Å². The number of nitrogens with one attached hydrogen (secondary N) is 1. The van der Waals surface area contributed by atoms with Crippen molar-refractivity contribution in [2.75, 3.05) is 20.3 Å². The van der Waals surface area contributed by atoms with Gasteiger partial charge in [-0.1, -0.05) is 18.2 Å². The van der Waals surface area contributed by atoms with Crippen LogP contribution in [0.5, 0.6) is 5.75 Å². The van der Waals surface area contributed by atoms with E-state index in [0.29, 0.717) is 6.54 Å². The molecule has 3 rings (SSSR count). The SMILES string of the molecule is COc1ccc2cc([C@@H]3CNC(=O)CO3)ccc2c1. The largest absolute Gasteiger partial charge is 0.497 e. The number of carbonyl (C=O) groups is 1. The van der Waals surface area contributed by atoms with Crippen LogP contribution in [0.25, 0.3) is 10.8 Å². The molecule has 0 aromatic heterocycles. The molecule has 2 aromatic carbocycles. The van der Waals surface area contributed by atoms with Crippen LogP contribution in [-0.4, -0.2) is 26.2 Å². The highest BCUT2D eigenvalue weighted by molar-refractivity contribution is 5.84. The van der Waals surface area contributed by atoms with Crippen molar-refractivity contribution in [3.8, 4) is 5.75 Å². The maximum absolute atomic E-state index is 11.1. The molecule has 1 N–H and O–H groups in total. The molecule has 0 radical (unpaired) electrons. The summed E-state index contributed by atoms with van der Waals surface area (Å²) in [6, 6.07) is 12.1. The van der Waals surface area contributed by atoms with Gasteiger partial charge in [0.2, 0.25) is 5.91 Å². The van der Waals surface area contributed by atoms with E-state index in [2.05, 4.69) is 11.4 Å². The summed E-state index contributed by atoms with van der Waals surface area (Å²) in [4.78, 5) is 11.1. The van der Waals surface area contributed by atoms with Crippen LogP contribution in [0, 0.1) is 0 Å². The zero-order valence-corrected chi connectivity index (χ0v) is 10.7. The average molecular weight is 257 g/mol. The van der Waals surface area contributed by atoms with Crippen molar-refractivity contribution < 1.29 is 14.3 Å². The first-order valence-corrected chi connectivity index (χ1v) is 6.22. The van der Waals surface area contributed by atoms with Gasteiger partial charge in [0.15, 0.2) is 0 Å². The molecular formula is C15H15NO3. The van der Waals surface area contributed by atoms with Crippen LogP contribution in [0.4, 0.5) is 0 Å². The number of fused-ring (bicyclic) bond motifs is 1. The molecule has 0 unspecified atom stereocenters. The van der Waals surface area contributed by atoms with E-state index in [4.69, 9.17) is 9.47 Å². The summed E-state index contributed by atoms with van der Waals surface area (Å²) < 4.78 is 10.7. The summed E-state index contributed by atoms with van der Waals surface area (Å²) in [6.07, 6.45) is -0.0656. The number of amides is 1. The summed E-state index contributed by atoms with van der Waals surface area (Å²) in [5.41, 5.74) is 1.08. The molecule has 0 saturated carbocycles. The Kier molecular flexibility index (Phi) is 3.09. The molecule has 1 aliphatic rings. The summed E-state index contributed by atoms with van der Waals surface area (Å²) in [5.74, 6) is 0.795. The lowest BCUT2D eigenvalue weighted by atomic mass is 10.0. The Balaban J connectivity index is 1.91. The van der Waals surface area contributed by atoms with Gasteiger partial charge in [-0.25, -0.2) is 0 Å². The molecule has 0 aliphatic carbocycles.